The molecule has 0 fully saturated rings. The third kappa shape index (κ3) is 1.66. The van der Waals surface area contributed by atoms with Gasteiger partial charge in [-0.05, 0) is 12.1 Å². The molecule has 0 aliphatic heterocycles. The van der Waals surface area contributed by atoms with Crippen molar-refractivity contribution in [2.24, 2.45) is 0 Å². The van der Waals surface area contributed by atoms with E-state index in [0.717, 1.165) is 0 Å². The number of esters is 1. The molecule has 0 heterocycles. The smallest absolute Gasteiger partial charge is 0.338 e. The van der Waals surface area contributed by atoms with E-state index in [2.05, 4.69) is 4.74 Å². The molecule has 1 N–H and O–H groups in total. The second-order valence-electron chi connectivity index (χ2n) is 2.35. The Hall–Kier alpha value is -1.84. The van der Waals surface area contributed by atoms with Crippen LogP contribution in [-0.2, 0) is 4.74 Å². The van der Waals surface area contributed by atoms with Crippen LogP contribution >= 0.6 is 0 Å². The Balaban J connectivity index is 3.28. The Morgan fingerprint density at radius 3 is 2.77 bits per heavy atom. The predicted octanol–water partition coefficient (Wildman–Crippen LogP) is 0.991. The Kier molecular flexibility index (Phi) is 2.64. The second kappa shape index (κ2) is 3.71. The number of aromatic hydroxyl groups is 1. The zero-order valence-electron chi connectivity index (χ0n) is 6.98. The first-order valence-electron chi connectivity index (χ1n) is 3.56. The summed E-state index contributed by atoms with van der Waals surface area (Å²) in [6.07, 6.45) is 0.418. The fourth-order valence-electron chi connectivity index (χ4n) is 0.965. The van der Waals surface area contributed by atoms with E-state index in [-0.39, 0.29) is 16.9 Å². The van der Waals surface area contributed by atoms with Crippen LogP contribution in [0.15, 0.2) is 18.2 Å². The number of methoxy groups -OCH3 is 1. The zero-order chi connectivity index (χ0) is 9.84. The summed E-state index contributed by atoms with van der Waals surface area (Å²) in [5, 5.41) is 9.20. The topological polar surface area (TPSA) is 63.6 Å². The largest absolute Gasteiger partial charge is 0.507 e. The highest BCUT2D eigenvalue weighted by molar-refractivity contribution is 5.99. The predicted molar refractivity (Wildman–Crippen MR) is 44.8 cm³/mol. The SMILES string of the molecule is COC(=O)c1cccc(O)c1C=O. The molecular weight excluding hydrogens is 172 g/mol. The minimum Gasteiger partial charge on any atom is -0.507 e. The van der Waals surface area contributed by atoms with Gasteiger partial charge in [-0.25, -0.2) is 4.79 Å². The molecule has 0 radical (unpaired) electrons. The lowest BCUT2D eigenvalue weighted by molar-refractivity contribution is 0.0598. The molecule has 0 aliphatic carbocycles. The van der Waals surface area contributed by atoms with Gasteiger partial charge in [0.1, 0.15) is 5.75 Å². The van der Waals surface area contributed by atoms with Crippen LogP contribution in [0.1, 0.15) is 20.7 Å². The van der Waals surface area contributed by atoms with E-state index in [1.54, 1.807) is 0 Å². The van der Waals surface area contributed by atoms with Crippen molar-refractivity contribution in [1.82, 2.24) is 0 Å². The molecule has 4 heteroatoms. The number of aldehydes is 1. The van der Waals surface area contributed by atoms with E-state index in [0.29, 0.717) is 6.29 Å². The van der Waals surface area contributed by atoms with Gasteiger partial charge in [0.25, 0.3) is 0 Å². The van der Waals surface area contributed by atoms with Crippen molar-refractivity contribution in [3.8, 4) is 5.75 Å². The number of carbonyl (C=O) groups excluding carboxylic acids is 2. The fourth-order valence-corrected chi connectivity index (χ4v) is 0.965. The number of carbonyl (C=O) groups is 2. The lowest BCUT2D eigenvalue weighted by Crippen LogP contribution is -2.05. The summed E-state index contributed by atoms with van der Waals surface area (Å²) >= 11 is 0. The molecule has 4 nitrogen and oxygen atoms in total. The molecule has 0 saturated heterocycles. The van der Waals surface area contributed by atoms with Crippen LogP contribution in [0.2, 0.25) is 0 Å². The second-order valence-corrected chi connectivity index (χ2v) is 2.35. The van der Waals surface area contributed by atoms with Gasteiger partial charge >= 0.3 is 5.97 Å². The van der Waals surface area contributed by atoms with Crippen LogP contribution in [0, 0.1) is 0 Å². The Morgan fingerprint density at radius 1 is 1.54 bits per heavy atom. The van der Waals surface area contributed by atoms with Gasteiger partial charge in [0.15, 0.2) is 6.29 Å². The first kappa shape index (κ1) is 9.25. The highest BCUT2D eigenvalue weighted by Crippen LogP contribution is 2.19. The maximum Gasteiger partial charge on any atom is 0.338 e. The van der Waals surface area contributed by atoms with Crippen LogP contribution in [-0.4, -0.2) is 24.5 Å². The highest BCUT2D eigenvalue weighted by Gasteiger charge is 2.13. The van der Waals surface area contributed by atoms with Gasteiger partial charge < -0.3 is 9.84 Å². The summed E-state index contributed by atoms with van der Waals surface area (Å²) in [4.78, 5) is 21.6. The van der Waals surface area contributed by atoms with Gasteiger partial charge in [-0.3, -0.25) is 4.79 Å². The molecule has 0 aromatic heterocycles. The first-order valence-corrected chi connectivity index (χ1v) is 3.56. The average molecular weight is 180 g/mol. The van der Waals surface area contributed by atoms with Gasteiger partial charge in [-0.2, -0.15) is 0 Å². The molecule has 1 rings (SSSR count). The molecule has 0 atom stereocenters. The molecule has 1 aromatic carbocycles. The molecule has 1 aromatic rings. The lowest BCUT2D eigenvalue weighted by Gasteiger charge is -2.03. The maximum atomic E-state index is 11.1. The Bertz CT molecular complexity index is 343. The van der Waals surface area contributed by atoms with Crippen molar-refractivity contribution in [3.63, 3.8) is 0 Å². The maximum absolute atomic E-state index is 11.1. The van der Waals surface area contributed by atoms with E-state index in [1.807, 2.05) is 0 Å². The van der Waals surface area contributed by atoms with Crippen LogP contribution in [0.3, 0.4) is 0 Å². The van der Waals surface area contributed by atoms with Gasteiger partial charge in [0.05, 0.1) is 18.2 Å². The molecule has 0 spiro atoms. The lowest BCUT2D eigenvalue weighted by atomic mass is 10.1. The third-order valence-corrected chi connectivity index (χ3v) is 1.61. The summed E-state index contributed by atoms with van der Waals surface area (Å²) < 4.78 is 4.42. The average Bonchev–Trinajstić information content (AvgIpc) is 2.16. The monoisotopic (exact) mass is 180 g/mol. The minimum absolute atomic E-state index is 0.0469. The molecule has 0 aliphatic rings. The standard InChI is InChI=1S/C9H8O4/c1-13-9(12)6-3-2-4-8(11)7(6)5-10/h2-5,11H,1H3. The molecule has 0 amide bonds. The summed E-state index contributed by atoms with van der Waals surface area (Å²) in [5.74, 6) is -0.865. The highest BCUT2D eigenvalue weighted by atomic mass is 16.5. The normalized spacial score (nSPS) is 9.31. The van der Waals surface area contributed by atoms with Crippen molar-refractivity contribution >= 4 is 12.3 Å². The molecular formula is C9H8O4. The molecule has 68 valence electrons. The van der Waals surface area contributed by atoms with E-state index in [4.69, 9.17) is 0 Å². The van der Waals surface area contributed by atoms with Crippen LogP contribution < -0.4 is 0 Å². The molecule has 13 heavy (non-hydrogen) atoms. The minimum atomic E-state index is -0.641. The number of phenolic OH excluding ortho intramolecular Hbond substituents is 1. The summed E-state index contributed by atoms with van der Waals surface area (Å²) in [6.45, 7) is 0. The van der Waals surface area contributed by atoms with Gasteiger partial charge in [-0.1, -0.05) is 6.07 Å². The zero-order valence-corrected chi connectivity index (χ0v) is 6.98. The number of ether oxygens (including phenoxy) is 1. The number of rotatable bonds is 2. The summed E-state index contributed by atoms with van der Waals surface area (Å²) in [7, 11) is 1.21. The van der Waals surface area contributed by atoms with Crippen molar-refractivity contribution in [2.75, 3.05) is 7.11 Å². The number of benzene rings is 1. The van der Waals surface area contributed by atoms with E-state index in [9.17, 15) is 14.7 Å². The van der Waals surface area contributed by atoms with Crippen LogP contribution in [0.25, 0.3) is 0 Å². The van der Waals surface area contributed by atoms with Gasteiger partial charge in [0.2, 0.25) is 0 Å². The fraction of sp³-hybridized carbons (Fsp3) is 0.111. The van der Waals surface area contributed by atoms with Crippen molar-refractivity contribution < 1.29 is 19.4 Å². The van der Waals surface area contributed by atoms with Crippen LogP contribution in [0.5, 0.6) is 5.75 Å². The number of phenols is 1. The first-order chi connectivity index (χ1) is 6.20. The van der Waals surface area contributed by atoms with Crippen molar-refractivity contribution in [1.29, 1.82) is 0 Å². The van der Waals surface area contributed by atoms with Gasteiger partial charge in [-0.15, -0.1) is 0 Å². The van der Waals surface area contributed by atoms with Crippen molar-refractivity contribution in [3.05, 3.63) is 29.3 Å². The van der Waals surface area contributed by atoms with Crippen LogP contribution in [0.4, 0.5) is 0 Å². The van der Waals surface area contributed by atoms with E-state index >= 15 is 0 Å². The molecule has 0 saturated carbocycles. The number of hydrogen-bond acceptors (Lipinski definition) is 4. The van der Waals surface area contributed by atoms with Gasteiger partial charge in [0, 0.05) is 0 Å². The quantitative estimate of drug-likeness (QED) is 0.544. The Morgan fingerprint density at radius 2 is 2.23 bits per heavy atom. The number of hydrogen-bond donors (Lipinski definition) is 1. The summed E-state index contributed by atoms with van der Waals surface area (Å²) in [6, 6.07) is 4.21. The Labute approximate surface area is 74.8 Å². The van der Waals surface area contributed by atoms with E-state index in [1.165, 1.54) is 25.3 Å². The summed E-state index contributed by atoms with van der Waals surface area (Å²) in [5.41, 5.74) is 0.0202. The molecule has 0 unspecified atom stereocenters. The third-order valence-electron chi connectivity index (χ3n) is 1.61. The molecule has 0 bridgehead atoms. The van der Waals surface area contributed by atoms with Crippen molar-refractivity contribution in [2.45, 2.75) is 0 Å². The van der Waals surface area contributed by atoms with E-state index < -0.39 is 5.97 Å².